The van der Waals surface area contributed by atoms with Gasteiger partial charge in [-0.15, -0.1) is 0 Å². The van der Waals surface area contributed by atoms with E-state index in [9.17, 15) is 0 Å². The molecule has 16 heavy (non-hydrogen) atoms. The normalized spacial score (nSPS) is 15.4. The lowest BCUT2D eigenvalue weighted by Crippen LogP contribution is -2.29. The predicted octanol–water partition coefficient (Wildman–Crippen LogP) is 2.85. The summed E-state index contributed by atoms with van der Waals surface area (Å²) in [5, 5.41) is 3.40. The van der Waals surface area contributed by atoms with Gasteiger partial charge in [0.1, 0.15) is 5.82 Å². The number of aromatic nitrogens is 2. The monoisotopic (exact) mass is 223 g/mol. The van der Waals surface area contributed by atoms with Crippen molar-refractivity contribution in [1.82, 2.24) is 14.9 Å². The van der Waals surface area contributed by atoms with Crippen LogP contribution in [0.5, 0.6) is 0 Å². The van der Waals surface area contributed by atoms with Gasteiger partial charge < -0.3 is 9.88 Å². The standard InChI is InChI=1S/C13H25N3/c1-6-8-16-9-7-15-13(16)12(14-5)11(4)10(2)3/h7,9-12,14H,6,8H2,1-5H3. The van der Waals surface area contributed by atoms with Crippen molar-refractivity contribution in [3.8, 4) is 0 Å². The van der Waals surface area contributed by atoms with E-state index >= 15 is 0 Å². The van der Waals surface area contributed by atoms with E-state index in [4.69, 9.17) is 0 Å². The Morgan fingerprint density at radius 3 is 2.56 bits per heavy atom. The summed E-state index contributed by atoms with van der Waals surface area (Å²) in [5.74, 6) is 2.41. The number of hydrogen-bond acceptors (Lipinski definition) is 2. The summed E-state index contributed by atoms with van der Waals surface area (Å²) >= 11 is 0. The molecule has 0 fully saturated rings. The highest BCUT2D eigenvalue weighted by molar-refractivity contribution is 5.01. The molecule has 0 bridgehead atoms. The maximum atomic E-state index is 4.51. The van der Waals surface area contributed by atoms with Crippen molar-refractivity contribution in [2.45, 2.75) is 46.7 Å². The lowest BCUT2D eigenvalue weighted by Gasteiger charge is -2.26. The van der Waals surface area contributed by atoms with E-state index in [2.05, 4.69) is 48.8 Å². The Kier molecular flexibility index (Phi) is 5.00. The van der Waals surface area contributed by atoms with Crippen molar-refractivity contribution >= 4 is 0 Å². The van der Waals surface area contributed by atoms with Gasteiger partial charge in [0.25, 0.3) is 0 Å². The minimum absolute atomic E-state index is 0.349. The van der Waals surface area contributed by atoms with E-state index in [1.807, 2.05) is 13.2 Å². The summed E-state index contributed by atoms with van der Waals surface area (Å²) in [5.41, 5.74) is 0. The largest absolute Gasteiger partial charge is 0.334 e. The second-order valence-corrected chi connectivity index (χ2v) is 4.85. The van der Waals surface area contributed by atoms with Crippen LogP contribution in [-0.2, 0) is 6.54 Å². The van der Waals surface area contributed by atoms with Gasteiger partial charge in [-0.05, 0) is 25.3 Å². The highest BCUT2D eigenvalue weighted by Gasteiger charge is 2.23. The number of nitrogens with zero attached hydrogens (tertiary/aromatic N) is 2. The molecule has 0 aliphatic carbocycles. The molecule has 1 aromatic heterocycles. The highest BCUT2D eigenvalue weighted by Crippen LogP contribution is 2.26. The fourth-order valence-corrected chi connectivity index (χ4v) is 2.04. The molecule has 1 N–H and O–H groups in total. The van der Waals surface area contributed by atoms with Crippen molar-refractivity contribution in [2.75, 3.05) is 7.05 Å². The van der Waals surface area contributed by atoms with Crippen LogP contribution in [0.1, 0.15) is 46.0 Å². The summed E-state index contributed by atoms with van der Waals surface area (Å²) in [6.45, 7) is 10.1. The van der Waals surface area contributed by atoms with Gasteiger partial charge in [-0.1, -0.05) is 27.7 Å². The molecule has 0 aromatic carbocycles. The van der Waals surface area contributed by atoms with Crippen LogP contribution in [-0.4, -0.2) is 16.6 Å². The molecule has 0 radical (unpaired) electrons. The van der Waals surface area contributed by atoms with Crippen LogP contribution >= 0.6 is 0 Å². The first-order chi connectivity index (χ1) is 7.61. The van der Waals surface area contributed by atoms with Gasteiger partial charge in [0, 0.05) is 18.9 Å². The number of nitrogens with one attached hydrogen (secondary N) is 1. The van der Waals surface area contributed by atoms with Gasteiger partial charge >= 0.3 is 0 Å². The molecule has 0 aliphatic heterocycles. The molecule has 1 rings (SSSR count). The maximum Gasteiger partial charge on any atom is 0.126 e. The highest BCUT2D eigenvalue weighted by atomic mass is 15.1. The third-order valence-corrected chi connectivity index (χ3v) is 3.38. The summed E-state index contributed by atoms with van der Waals surface area (Å²) in [4.78, 5) is 4.51. The van der Waals surface area contributed by atoms with E-state index in [-0.39, 0.29) is 0 Å². The third-order valence-electron chi connectivity index (χ3n) is 3.38. The summed E-state index contributed by atoms with van der Waals surface area (Å²) in [6.07, 6.45) is 5.13. The quantitative estimate of drug-likeness (QED) is 0.803. The molecule has 2 unspecified atom stereocenters. The zero-order valence-corrected chi connectivity index (χ0v) is 11.2. The van der Waals surface area contributed by atoms with E-state index in [0.717, 1.165) is 13.0 Å². The number of hydrogen-bond donors (Lipinski definition) is 1. The molecule has 0 saturated heterocycles. The van der Waals surface area contributed by atoms with Crippen molar-refractivity contribution in [1.29, 1.82) is 0 Å². The molecule has 3 nitrogen and oxygen atoms in total. The lowest BCUT2D eigenvalue weighted by molar-refractivity contribution is 0.299. The Morgan fingerprint density at radius 2 is 2.06 bits per heavy atom. The Bertz CT molecular complexity index is 304. The molecule has 1 aromatic rings. The molecule has 1 heterocycles. The zero-order chi connectivity index (χ0) is 12.1. The van der Waals surface area contributed by atoms with E-state index in [0.29, 0.717) is 17.9 Å². The van der Waals surface area contributed by atoms with Gasteiger partial charge in [-0.2, -0.15) is 0 Å². The first kappa shape index (κ1) is 13.2. The van der Waals surface area contributed by atoms with Crippen LogP contribution in [0.15, 0.2) is 12.4 Å². The smallest absolute Gasteiger partial charge is 0.126 e. The van der Waals surface area contributed by atoms with Crippen LogP contribution in [0.3, 0.4) is 0 Å². The second-order valence-electron chi connectivity index (χ2n) is 4.85. The van der Waals surface area contributed by atoms with Crippen LogP contribution in [0.2, 0.25) is 0 Å². The van der Waals surface area contributed by atoms with Crippen LogP contribution in [0.25, 0.3) is 0 Å². The minimum atomic E-state index is 0.349. The van der Waals surface area contributed by atoms with Crippen molar-refractivity contribution < 1.29 is 0 Å². The van der Waals surface area contributed by atoms with Crippen molar-refractivity contribution in [3.05, 3.63) is 18.2 Å². The number of rotatable bonds is 6. The molecule has 3 heteroatoms. The van der Waals surface area contributed by atoms with Gasteiger partial charge in [0.05, 0.1) is 6.04 Å². The Morgan fingerprint density at radius 1 is 1.38 bits per heavy atom. The third kappa shape index (κ3) is 2.85. The second kappa shape index (κ2) is 6.04. The van der Waals surface area contributed by atoms with E-state index in [1.165, 1.54) is 5.82 Å². The SMILES string of the molecule is CCCn1ccnc1C(NC)C(C)C(C)C. The van der Waals surface area contributed by atoms with Gasteiger partial charge in [0.15, 0.2) is 0 Å². The average molecular weight is 223 g/mol. The number of aryl methyl sites for hydroxylation is 1. The summed E-state index contributed by atoms with van der Waals surface area (Å²) < 4.78 is 2.26. The molecular weight excluding hydrogens is 198 g/mol. The fourth-order valence-electron chi connectivity index (χ4n) is 2.04. The van der Waals surface area contributed by atoms with Crippen LogP contribution in [0.4, 0.5) is 0 Å². The first-order valence-corrected chi connectivity index (χ1v) is 6.30. The molecule has 92 valence electrons. The average Bonchev–Trinajstić information content (AvgIpc) is 2.68. The van der Waals surface area contributed by atoms with Crippen molar-refractivity contribution in [2.24, 2.45) is 11.8 Å². The van der Waals surface area contributed by atoms with Gasteiger partial charge in [0.2, 0.25) is 0 Å². The summed E-state index contributed by atoms with van der Waals surface area (Å²) in [7, 11) is 2.02. The van der Waals surface area contributed by atoms with Crippen molar-refractivity contribution in [3.63, 3.8) is 0 Å². The first-order valence-electron chi connectivity index (χ1n) is 6.30. The molecule has 0 spiro atoms. The minimum Gasteiger partial charge on any atom is -0.334 e. The zero-order valence-electron chi connectivity index (χ0n) is 11.2. The molecule has 0 saturated carbocycles. The molecular formula is C13H25N3. The Balaban J connectivity index is 2.89. The number of imidazole rings is 1. The Hall–Kier alpha value is -0.830. The molecule has 0 amide bonds. The maximum absolute atomic E-state index is 4.51. The van der Waals surface area contributed by atoms with Gasteiger partial charge in [-0.25, -0.2) is 4.98 Å². The topological polar surface area (TPSA) is 29.9 Å². The van der Waals surface area contributed by atoms with Gasteiger partial charge in [-0.3, -0.25) is 0 Å². The summed E-state index contributed by atoms with van der Waals surface area (Å²) in [6, 6.07) is 0.349. The lowest BCUT2D eigenvalue weighted by atomic mass is 9.90. The van der Waals surface area contributed by atoms with E-state index < -0.39 is 0 Å². The van der Waals surface area contributed by atoms with E-state index in [1.54, 1.807) is 0 Å². The Labute approximate surface area is 99.3 Å². The van der Waals surface area contributed by atoms with Crippen LogP contribution < -0.4 is 5.32 Å². The van der Waals surface area contributed by atoms with Crippen LogP contribution in [0, 0.1) is 11.8 Å². The molecule has 0 aliphatic rings. The predicted molar refractivity (Wildman–Crippen MR) is 68.3 cm³/mol. The fraction of sp³-hybridized carbons (Fsp3) is 0.769. The molecule has 2 atom stereocenters.